The van der Waals surface area contributed by atoms with Crippen molar-refractivity contribution in [2.75, 3.05) is 6.54 Å². The van der Waals surface area contributed by atoms with Crippen LogP contribution in [0, 0.1) is 0 Å². The largest absolute Gasteiger partial charge is 0.416 e. The standard InChI is InChI=1S/C17H14F3N5O3/c18-17(19,20)10-3-1-9(2-4-10)14-11-7-25(6-5-12(11)27-24-14)8-13-22-16(15(21)26)28-23-13/h1-4H,5-8H2,(H2,21,26). The zero-order valence-electron chi connectivity index (χ0n) is 14.4. The van der Waals surface area contributed by atoms with Crippen molar-refractivity contribution in [2.24, 2.45) is 5.73 Å². The van der Waals surface area contributed by atoms with Gasteiger partial charge >= 0.3 is 18.0 Å². The average molecular weight is 393 g/mol. The van der Waals surface area contributed by atoms with Gasteiger partial charge in [-0.1, -0.05) is 22.4 Å². The van der Waals surface area contributed by atoms with Crippen molar-refractivity contribution in [3.8, 4) is 11.3 Å². The molecule has 1 aliphatic rings. The molecule has 2 N–H and O–H groups in total. The van der Waals surface area contributed by atoms with Gasteiger partial charge in [-0.15, -0.1) is 0 Å². The summed E-state index contributed by atoms with van der Waals surface area (Å²) < 4.78 is 48.4. The third-order valence-electron chi connectivity index (χ3n) is 4.44. The van der Waals surface area contributed by atoms with E-state index in [2.05, 4.69) is 15.3 Å². The van der Waals surface area contributed by atoms with Crippen molar-refractivity contribution < 1.29 is 27.0 Å². The normalized spacial score (nSPS) is 14.8. The van der Waals surface area contributed by atoms with Gasteiger partial charge in [-0.2, -0.15) is 18.2 Å². The maximum atomic E-state index is 12.8. The molecular formula is C17H14F3N5O3. The van der Waals surface area contributed by atoms with Crippen molar-refractivity contribution >= 4 is 5.91 Å². The molecule has 28 heavy (non-hydrogen) atoms. The number of nitrogens with two attached hydrogens (primary N) is 1. The Morgan fingerprint density at radius 1 is 1.18 bits per heavy atom. The van der Waals surface area contributed by atoms with Crippen LogP contribution in [-0.2, 0) is 25.7 Å². The van der Waals surface area contributed by atoms with Crippen molar-refractivity contribution in [1.82, 2.24) is 20.2 Å². The molecule has 4 rings (SSSR count). The number of nitrogens with zero attached hydrogens (tertiary/aromatic N) is 4. The fraction of sp³-hybridized carbons (Fsp3) is 0.294. The molecule has 0 aliphatic carbocycles. The van der Waals surface area contributed by atoms with E-state index in [0.717, 1.165) is 17.7 Å². The van der Waals surface area contributed by atoms with Gasteiger partial charge in [-0.3, -0.25) is 9.69 Å². The molecule has 3 aromatic rings. The number of carbonyl (C=O) groups is 1. The second-order valence-electron chi connectivity index (χ2n) is 6.35. The topological polar surface area (TPSA) is 111 Å². The van der Waals surface area contributed by atoms with Crippen LogP contribution in [0.2, 0.25) is 0 Å². The smallest absolute Gasteiger partial charge is 0.361 e. The highest BCUT2D eigenvalue weighted by Crippen LogP contribution is 2.33. The Hall–Kier alpha value is -3.21. The lowest BCUT2D eigenvalue weighted by Gasteiger charge is -2.24. The second kappa shape index (κ2) is 6.75. The van der Waals surface area contributed by atoms with Gasteiger partial charge in [0, 0.05) is 30.6 Å². The second-order valence-corrected chi connectivity index (χ2v) is 6.35. The zero-order chi connectivity index (χ0) is 19.9. The number of amides is 1. The Morgan fingerprint density at radius 2 is 1.93 bits per heavy atom. The van der Waals surface area contributed by atoms with Crippen LogP contribution in [0.1, 0.15) is 33.4 Å². The van der Waals surface area contributed by atoms with E-state index in [9.17, 15) is 18.0 Å². The molecule has 0 atom stereocenters. The quantitative estimate of drug-likeness (QED) is 0.724. The van der Waals surface area contributed by atoms with Gasteiger partial charge < -0.3 is 14.8 Å². The molecule has 1 aromatic carbocycles. The number of halogens is 3. The van der Waals surface area contributed by atoms with Gasteiger partial charge in [0.2, 0.25) is 0 Å². The molecule has 0 unspecified atom stereocenters. The van der Waals surface area contributed by atoms with Crippen LogP contribution in [0.25, 0.3) is 11.3 Å². The predicted octanol–water partition coefficient (Wildman–Crippen LogP) is 2.40. The predicted molar refractivity (Wildman–Crippen MR) is 87.6 cm³/mol. The van der Waals surface area contributed by atoms with E-state index in [1.54, 1.807) is 0 Å². The van der Waals surface area contributed by atoms with E-state index in [1.807, 2.05) is 4.90 Å². The SMILES string of the molecule is NC(=O)c1nc(CN2CCc3onc(-c4ccc(C(F)(F)F)cc4)c3C2)no1. The molecule has 0 bridgehead atoms. The first-order valence-electron chi connectivity index (χ1n) is 8.31. The number of alkyl halides is 3. The van der Waals surface area contributed by atoms with E-state index in [4.69, 9.17) is 14.8 Å². The molecule has 2 aromatic heterocycles. The molecule has 146 valence electrons. The summed E-state index contributed by atoms with van der Waals surface area (Å²) in [6.45, 7) is 1.39. The maximum Gasteiger partial charge on any atom is 0.416 e. The molecule has 11 heteroatoms. The Bertz CT molecular complexity index is 1010. The Balaban J connectivity index is 1.54. The summed E-state index contributed by atoms with van der Waals surface area (Å²) in [7, 11) is 0. The van der Waals surface area contributed by atoms with Crippen LogP contribution in [0.15, 0.2) is 33.3 Å². The Kier molecular flexibility index (Phi) is 4.38. The molecule has 0 fully saturated rings. The van der Waals surface area contributed by atoms with E-state index in [1.165, 1.54) is 12.1 Å². The van der Waals surface area contributed by atoms with Crippen LogP contribution in [0.3, 0.4) is 0 Å². The van der Waals surface area contributed by atoms with E-state index in [-0.39, 0.29) is 5.89 Å². The first kappa shape index (κ1) is 18.2. The molecule has 1 aliphatic heterocycles. The fourth-order valence-corrected chi connectivity index (χ4v) is 3.06. The summed E-state index contributed by atoms with van der Waals surface area (Å²) in [5.74, 6) is -0.0618. The lowest BCUT2D eigenvalue weighted by atomic mass is 10.0. The summed E-state index contributed by atoms with van der Waals surface area (Å²) >= 11 is 0. The van der Waals surface area contributed by atoms with Gasteiger partial charge in [-0.05, 0) is 12.1 Å². The number of hydrogen-bond acceptors (Lipinski definition) is 7. The molecule has 0 saturated heterocycles. The van der Waals surface area contributed by atoms with Crippen molar-refractivity contribution in [2.45, 2.75) is 25.7 Å². The van der Waals surface area contributed by atoms with Gasteiger partial charge in [0.1, 0.15) is 11.5 Å². The number of rotatable bonds is 4. The fourth-order valence-electron chi connectivity index (χ4n) is 3.06. The number of aromatic nitrogens is 3. The van der Waals surface area contributed by atoms with Crippen molar-refractivity contribution in [3.63, 3.8) is 0 Å². The van der Waals surface area contributed by atoms with Gasteiger partial charge in [0.25, 0.3) is 0 Å². The number of hydrogen-bond donors (Lipinski definition) is 1. The number of primary amides is 1. The molecule has 0 saturated carbocycles. The summed E-state index contributed by atoms with van der Waals surface area (Å²) in [5, 5.41) is 7.75. The first-order chi connectivity index (χ1) is 13.3. The summed E-state index contributed by atoms with van der Waals surface area (Å²) in [6, 6.07) is 4.78. The average Bonchev–Trinajstić information content (AvgIpc) is 3.28. The number of carbonyl (C=O) groups excluding carboxylic acids is 1. The summed E-state index contributed by atoms with van der Waals surface area (Å²) in [6.07, 6.45) is -3.82. The summed E-state index contributed by atoms with van der Waals surface area (Å²) in [5.41, 5.74) is 6.20. The Labute approximate surface area is 156 Å². The van der Waals surface area contributed by atoms with Crippen LogP contribution in [0.4, 0.5) is 13.2 Å². The monoisotopic (exact) mass is 393 g/mol. The number of benzene rings is 1. The highest BCUT2D eigenvalue weighted by atomic mass is 19.4. The zero-order valence-corrected chi connectivity index (χ0v) is 14.4. The van der Waals surface area contributed by atoms with Gasteiger partial charge in [0.05, 0.1) is 12.1 Å². The van der Waals surface area contributed by atoms with E-state index in [0.29, 0.717) is 48.9 Å². The molecule has 8 nitrogen and oxygen atoms in total. The minimum Gasteiger partial charge on any atom is -0.361 e. The van der Waals surface area contributed by atoms with E-state index < -0.39 is 17.6 Å². The van der Waals surface area contributed by atoms with Crippen LogP contribution >= 0.6 is 0 Å². The van der Waals surface area contributed by atoms with Crippen molar-refractivity contribution in [3.05, 3.63) is 52.9 Å². The minimum absolute atomic E-state index is 0.261. The van der Waals surface area contributed by atoms with E-state index >= 15 is 0 Å². The summed E-state index contributed by atoms with van der Waals surface area (Å²) in [4.78, 5) is 17.0. The highest BCUT2D eigenvalue weighted by Gasteiger charge is 2.31. The molecule has 0 radical (unpaired) electrons. The molecule has 0 spiro atoms. The molecule has 3 heterocycles. The third kappa shape index (κ3) is 3.48. The lowest BCUT2D eigenvalue weighted by Crippen LogP contribution is -2.30. The Morgan fingerprint density at radius 3 is 2.57 bits per heavy atom. The molecule has 1 amide bonds. The van der Waals surface area contributed by atoms with Crippen LogP contribution in [-0.4, -0.2) is 32.6 Å². The maximum absolute atomic E-state index is 12.8. The van der Waals surface area contributed by atoms with Crippen LogP contribution < -0.4 is 5.73 Å². The minimum atomic E-state index is -4.40. The van der Waals surface area contributed by atoms with Crippen LogP contribution in [0.5, 0.6) is 0 Å². The van der Waals surface area contributed by atoms with Crippen molar-refractivity contribution in [1.29, 1.82) is 0 Å². The lowest BCUT2D eigenvalue weighted by molar-refractivity contribution is -0.137. The first-order valence-corrected chi connectivity index (χ1v) is 8.31. The number of fused-ring (bicyclic) bond motifs is 1. The van der Waals surface area contributed by atoms with Gasteiger partial charge in [0.15, 0.2) is 5.82 Å². The third-order valence-corrected chi connectivity index (χ3v) is 4.44. The highest BCUT2D eigenvalue weighted by molar-refractivity contribution is 5.87. The van der Waals surface area contributed by atoms with Gasteiger partial charge in [-0.25, -0.2) is 0 Å². The molecular weight excluding hydrogens is 379 g/mol.